The van der Waals surface area contributed by atoms with Crippen molar-refractivity contribution in [1.82, 2.24) is 20.4 Å². The van der Waals surface area contributed by atoms with E-state index in [0.717, 1.165) is 19.3 Å². The van der Waals surface area contributed by atoms with Gasteiger partial charge in [-0.1, -0.05) is 46.5 Å². The van der Waals surface area contributed by atoms with Gasteiger partial charge >= 0.3 is 0 Å². The van der Waals surface area contributed by atoms with Crippen LogP contribution in [0.4, 0.5) is 0 Å². The number of rotatable bonds is 6. The highest BCUT2D eigenvalue weighted by molar-refractivity contribution is 5.92. The van der Waals surface area contributed by atoms with Crippen molar-refractivity contribution in [2.24, 2.45) is 11.8 Å². The molecule has 3 rings (SSSR count). The van der Waals surface area contributed by atoms with Crippen LogP contribution in [-0.4, -0.2) is 33.7 Å². The molecule has 2 fully saturated rings. The van der Waals surface area contributed by atoms with Crippen LogP contribution in [0.1, 0.15) is 95.1 Å². The van der Waals surface area contributed by atoms with Crippen molar-refractivity contribution in [3.63, 3.8) is 0 Å². The topological polar surface area (TPSA) is 76.0 Å². The van der Waals surface area contributed by atoms with Crippen LogP contribution in [-0.2, 0) is 4.79 Å². The Bertz CT molecular complexity index is 671. The minimum Gasteiger partial charge on any atom is -0.351 e. The Hall–Kier alpha value is -1.85. The fourth-order valence-corrected chi connectivity index (χ4v) is 4.71. The molecule has 2 saturated carbocycles. The smallest absolute Gasteiger partial charge is 0.272 e. The lowest BCUT2D eigenvalue weighted by molar-refractivity contribution is -0.126. The summed E-state index contributed by atoms with van der Waals surface area (Å²) in [4.78, 5) is 25.5. The zero-order valence-corrected chi connectivity index (χ0v) is 17.6. The standard InChI is InChI=1S/C22H36N4O2/c1-4-20(22(28)24-18-12-8-6-10-16(18)3)26-14-13-19(25-26)21(27)23-17-11-7-5-9-15(17)2/h13-18,20H,4-12H2,1-3H3,(H,23,27)(H,24,28)/t15-,16-,17+,18+,20-/m0/s1. The average Bonchev–Trinajstić information content (AvgIpc) is 3.16. The number of nitrogens with zero attached hydrogens (tertiary/aromatic N) is 2. The molecule has 0 aliphatic heterocycles. The van der Waals surface area contributed by atoms with Crippen LogP contribution < -0.4 is 10.6 Å². The van der Waals surface area contributed by atoms with Gasteiger partial charge in [-0.25, -0.2) is 0 Å². The fourth-order valence-electron chi connectivity index (χ4n) is 4.71. The molecule has 1 aromatic rings. The fraction of sp³-hybridized carbons (Fsp3) is 0.773. The monoisotopic (exact) mass is 388 g/mol. The first kappa shape index (κ1) is 20.9. The predicted molar refractivity (Wildman–Crippen MR) is 110 cm³/mol. The minimum atomic E-state index is -0.371. The maximum atomic E-state index is 12.9. The van der Waals surface area contributed by atoms with Crippen molar-refractivity contribution in [2.45, 2.75) is 96.7 Å². The highest BCUT2D eigenvalue weighted by Crippen LogP contribution is 2.25. The Balaban J connectivity index is 1.61. The number of hydrogen-bond acceptors (Lipinski definition) is 3. The van der Waals surface area contributed by atoms with Crippen molar-refractivity contribution in [3.05, 3.63) is 18.0 Å². The lowest BCUT2D eigenvalue weighted by Gasteiger charge is -2.31. The van der Waals surface area contributed by atoms with Gasteiger partial charge in [0.1, 0.15) is 11.7 Å². The molecule has 28 heavy (non-hydrogen) atoms. The summed E-state index contributed by atoms with van der Waals surface area (Å²) in [5.41, 5.74) is 0.398. The third-order valence-corrected chi connectivity index (χ3v) is 6.72. The average molecular weight is 389 g/mol. The van der Waals surface area contributed by atoms with Crippen molar-refractivity contribution in [1.29, 1.82) is 0 Å². The maximum absolute atomic E-state index is 12.9. The van der Waals surface area contributed by atoms with E-state index in [0.29, 0.717) is 24.0 Å². The van der Waals surface area contributed by atoms with E-state index in [2.05, 4.69) is 29.6 Å². The molecule has 1 aromatic heterocycles. The van der Waals surface area contributed by atoms with Gasteiger partial charge in [-0.05, 0) is 50.0 Å². The number of aromatic nitrogens is 2. The summed E-state index contributed by atoms with van der Waals surface area (Å²) in [6, 6.07) is 1.83. The van der Waals surface area contributed by atoms with Crippen LogP contribution in [0.5, 0.6) is 0 Å². The maximum Gasteiger partial charge on any atom is 0.272 e. The van der Waals surface area contributed by atoms with E-state index in [-0.39, 0.29) is 29.9 Å². The Morgan fingerprint density at radius 3 is 2.18 bits per heavy atom. The van der Waals surface area contributed by atoms with Crippen LogP contribution >= 0.6 is 0 Å². The Labute approximate surface area is 168 Å². The highest BCUT2D eigenvalue weighted by atomic mass is 16.2. The summed E-state index contributed by atoms with van der Waals surface area (Å²) in [5, 5.41) is 10.8. The summed E-state index contributed by atoms with van der Waals surface area (Å²) in [6.07, 6.45) is 11.7. The number of carbonyl (C=O) groups is 2. The summed E-state index contributed by atoms with van der Waals surface area (Å²) in [5.74, 6) is 0.906. The number of carbonyl (C=O) groups excluding carboxylic acids is 2. The molecule has 156 valence electrons. The molecular formula is C22H36N4O2. The van der Waals surface area contributed by atoms with E-state index in [9.17, 15) is 9.59 Å². The Morgan fingerprint density at radius 2 is 1.61 bits per heavy atom. The van der Waals surface area contributed by atoms with Crippen LogP contribution in [0.3, 0.4) is 0 Å². The second-order valence-corrected chi connectivity index (χ2v) is 8.82. The minimum absolute atomic E-state index is 0.0113. The van der Waals surface area contributed by atoms with Crippen LogP contribution in [0.15, 0.2) is 12.3 Å². The summed E-state index contributed by atoms with van der Waals surface area (Å²) >= 11 is 0. The molecule has 2 aliphatic rings. The normalized spacial score (nSPS) is 29.1. The molecule has 0 unspecified atom stereocenters. The molecule has 2 aliphatic carbocycles. The first-order valence-corrected chi connectivity index (χ1v) is 11.2. The van der Waals surface area contributed by atoms with Gasteiger partial charge in [0.05, 0.1) is 0 Å². The Morgan fingerprint density at radius 1 is 1.04 bits per heavy atom. The molecule has 0 aromatic carbocycles. The zero-order valence-electron chi connectivity index (χ0n) is 17.6. The lowest BCUT2D eigenvalue weighted by Crippen LogP contribution is -2.44. The summed E-state index contributed by atoms with van der Waals surface area (Å²) in [7, 11) is 0. The van der Waals surface area contributed by atoms with Crippen molar-refractivity contribution in [2.75, 3.05) is 0 Å². The second-order valence-electron chi connectivity index (χ2n) is 8.82. The van der Waals surface area contributed by atoms with Gasteiger partial charge in [0.2, 0.25) is 5.91 Å². The van der Waals surface area contributed by atoms with Gasteiger partial charge in [-0.2, -0.15) is 5.10 Å². The third-order valence-electron chi connectivity index (χ3n) is 6.72. The SMILES string of the molecule is CC[C@@H](C(=O)N[C@@H]1CCCC[C@@H]1C)n1ccc(C(=O)N[C@@H]2CCCC[C@@H]2C)n1. The van der Waals surface area contributed by atoms with E-state index < -0.39 is 0 Å². The van der Waals surface area contributed by atoms with Gasteiger partial charge in [0.15, 0.2) is 0 Å². The van der Waals surface area contributed by atoms with E-state index in [1.165, 1.54) is 32.1 Å². The van der Waals surface area contributed by atoms with Gasteiger partial charge < -0.3 is 10.6 Å². The van der Waals surface area contributed by atoms with E-state index in [1.54, 1.807) is 16.9 Å². The molecule has 6 nitrogen and oxygen atoms in total. The quantitative estimate of drug-likeness (QED) is 0.777. The van der Waals surface area contributed by atoms with Crippen molar-refractivity contribution < 1.29 is 9.59 Å². The first-order chi connectivity index (χ1) is 13.5. The van der Waals surface area contributed by atoms with E-state index in [1.807, 2.05) is 6.92 Å². The van der Waals surface area contributed by atoms with E-state index >= 15 is 0 Å². The van der Waals surface area contributed by atoms with Crippen LogP contribution in [0, 0.1) is 11.8 Å². The number of hydrogen-bond donors (Lipinski definition) is 2. The van der Waals surface area contributed by atoms with Gasteiger partial charge in [-0.15, -0.1) is 0 Å². The van der Waals surface area contributed by atoms with E-state index in [4.69, 9.17) is 0 Å². The van der Waals surface area contributed by atoms with Gasteiger partial charge in [-0.3, -0.25) is 14.3 Å². The molecule has 6 heteroatoms. The number of nitrogens with one attached hydrogen (secondary N) is 2. The largest absolute Gasteiger partial charge is 0.351 e. The highest BCUT2D eigenvalue weighted by Gasteiger charge is 2.28. The second kappa shape index (κ2) is 9.57. The third kappa shape index (κ3) is 4.95. The van der Waals surface area contributed by atoms with Crippen molar-refractivity contribution >= 4 is 11.8 Å². The molecular weight excluding hydrogens is 352 g/mol. The van der Waals surface area contributed by atoms with Crippen LogP contribution in [0.25, 0.3) is 0 Å². The Kier molecular flexibility index (Phi) is 7.13. The zero-order chi connectivity index (χ0) is 20.1. The van der Waals surface area contributed by atoms with Gasteiger partial charge in [0.25, 0.3) is 5.91 Å². The molecule has 2 amide bonds. The van der Waals surface area contributed by atoms with Gasteiger partial charge in [0, 0.05) is 18.3 Å². The molecule has 0 bridgehead atoms. The number of amides is 2. The van der Waals surface area contributed by atoms with Crippen molar-refractivity contribution in [3.8, 4) is 0 Å². The molecule has 5 atom stereocenters. The van der Waals surface area contributed by atoms with Crippen LogP contribution in [0.2, 0.25) is 0 Å². The summed E-state index contributed by atoms with van der Waals surface area (Å²) in [6.45, 7) is 6.40. The lowest BCUT2D eigenvalue weighted by atomic mass is 9.86. The molecule has 0 saturated heterocycles. The summed E-state index contributed by atoms with van der Waals surface area (Å²) < 4.78 is 1.65. The first-order valence-electron chi connectivity index (χ1n) is 11.2. The molecule has 1 heterocycles. The predicted octanol–water partition coefficient (Wildman–Crippen LogP) is 3.84. The molecule has 0 spiro atoms. The molecule has 2 N–H and O–H groups in total. The molecule has 0 radical (unpaired) electrons.